The summed E-state index contributed by atoms with van der Waals surface area (Å²) >= 11 is 0. The molecular weight excluding hydrogens is 551 g/mol. The minimum absolute atomic E-state index is 0.0812. The van der Waals surface area contributed by atoms with Gasteiger partial charge in [0.2, 0.25) is 6.33 Å². The Balaban J connectivity index is 1.39. The van der Waals surface area contributed by atoms with Crippen molar-refractivity contribution < 1.29 is 36.9 Å². The monoisotopic (exact) mass is 578 g/mol. The Kier molecular flexibility index (Phi) is 6.25. The number of halogens is 3. The van der Waals surface area contributed by atoms with Crippen LogP contribution in [-0.2, 0) is 23.1 Å². The Morgan fingerprint density at radius 1 is 1.02 bits per heavy atom. The molecule has 12 heteroatoms. The van der Waals surface area contributed by atoms with Crippen LogP contribution in [0.3, 0.4) is 0 Å². The van der Waals surface area contributed by atoms with Gasteiger partial charge in [-0.2, -0.15) is 13.2 Å². The van der Waals surface area contributed by atoms with Gasteiger partial charge in [0.1, 0.15) is 5.75 Å². The fourth-order valence-electron chi connectivity index (χ4n) is 5.72. The Bertz CT molecular complexity index is 1760. The van der Waals surface area contributed by atoms with E-state index in [1.54, 1.807) is 53.4 Å². The van der Waals surface area contributed by atoms with Gasteiger partial charge < -0.3 is 15.0 Å². The Morgan fingerprint density at radius 3 is 2.38 bits per heavy atom. The van der Waals surface area contributed by atoms with Crippen LogP contribution in [0.15, 0.2) is 60.9 Å². The molecule has 216 valence electrons. The molecule has 0 unspecified atom stereocenters. The van der Waals surface area contributed by atoms with Gasteiger partial charge in [-0.25, -0.2) is 14.3 Å². The van der Waals surface area contributed by atoms with Crippen LogP contribution in [0.25, 0.3) is 22.2 Å². The summed E-state index contributed by atoms with van der Waals surface area (Å²) in [6.07, 6.45) is -2.92. The van der Waals surface area contributed by atoms with E-state index in [2.05, 4.69) is 15.6 Å². The van der Waals surface area contributed by atoms with Crippen molar-refractivity contribution in [2.24, 2.45) is 0 Å². The lowest BCUT2D eigenvalue weighted by Crippen LogP contribution is -2.52. The molecular formula is C30H27F3N5O4+. The van der Waals surface area contributed by atoms with E-state index in [-0.39, 0.29) is 25.0 Å². The third-order valence-corrected chi connectivity index (χ3v) is 7.88. The summed E-state index contributed by atoms with van der Waals surface area (Å²) in [6, 6.07) is 13.0. The van der Waals surface area contributed by atoms with Crippen molar-refractivity contribution in [1.29, 1.82) is 0 Å². The molecule has 3 aromatic carbocycles. The molecule has 4 aromatic rings. The van der Waals surface area contributed by atoms with Gasteiger partial charge in [-0.15, -0.1) is 0 Å². The van der Waals surface area contributed by atoms with E-state index in [1.807, 2.05) is 13.8 Å². The molecule has 6 rings (SSSR count). The largest absolute Gasteiger partial charge is 0.497 e. The molecule has 2 aliphatic rings. The highest BCUT2D eigenvalue weighted by Gasteiger charge is 2.50. The molecule has 0 saturated carbocycles. The number of amides is 4. The fraction of sp³-hybridized carbons (Fsp3) is 0.267. The second kappa shape index (κ2) is 9.61. The van der Waals surface area contributed by atoms with Crippen LogP contribution in [0.4, 0.5) is 18.0 Å². The van der Waals surface area contributed by atoms with Gasteiger partial charge in [-0.05, 0) is 48.7 Å². The Morgan fingerprint density at radius 2 is 1.76 bits per heavy atom. The summed E-state index contributed by atoms with van der Waals surface area (Å²) in [6.45, 7) is 3.83. The molecule has 1 fully saturated rings. The Labute approximate surface area is 238 Å². The third-order valence-electron chi connectivity index (χ3n) is 7.88. The van der Waals surface area contributed by atoms with Crippen molar-refractivity contribution in [1.82, 2.24) is 20.5 Å². The number of carbonyl (C=O) groups is 3. The first kappa shape index (κ1) is 27.3. The van der Waals surface area contributed by atoms with Gasteiger partial charge in [0.25, 0.3) is 11.8 Å². The first-order valence-corrected chi connectivity index (χ1v) is 13.3. The predicted molar refractivity (Wildman–Crippen MR) is 145 cm³/mol. The molecule has 2 aliphatic heterocycles. The number of fused-ring (bicyclic) bond motifs is 2. The van der Waals surface area contributed by atoms with E-state index in [4.69, 9.17) is 4.74 Å². The zero-order valence-electron chi connectivity index (χ0n) is 22.9. The lowest BCUT2D eigenvalue weighted by molar-refractivity contribution is -0.691. The summed E-state index contributed by atoms with van der Waals surface area (Å²) in [5.74, 6) is -0.429. The first-order valence-electron chi connectivity index (χ1n) is 13.3. The van der Waals surface area contributed by atoms with Crippen molar-refractivity contribution >= 4 is 28.9 Å². The van der Waals surface area contributed by atoms with Crippen LogP contribution in [0, 0.1) is 0 Å². The Hall–Kier alpha value is -4.87. The van der Waals surface area contributed by atoms with Gasteiger partial charge in [0.15, 0.2) is 16.6 Å². The van der Waals surface area contributed by atoms with Gasteiger partial charge in [0, 0.05) is 23.7 Å². The number of methoxy groups -OCH3 is 1. The van der Waals surface area contributed by atoms with Gasteiger partial charge in [0.05, 0.1) is 25.3 Å². The lowest BCUT2D eigenvalue weighted by Gasteiger charge is -2.31. The molecule has 42 heavy (non-hydrogen) atoms. The minimum atomic E-state index is -4.56. The zero-order valence-corrected chi connectivity index (χ0v) is 22.9. The first-order chi connectivity index (χ1) is 19.9. The summed E-state index contributed by atoms with van der Waals surface area (Å²) in [5.41, 5.74) is 0.935. The van der Waals surface area contributed by atoms with Crippen molar-refractivity contribution in [3.63, 3.8) is 0 Å². The summed E-state index contributed by atoms with van der Waals surface area (Å²) in [4.78, 5) is 43.4. The number of H-pyrrole nitrogens is 1. The number of ether oxygens (including phenoxy) is 1. The second-order valence-corrected chi connectivity index (χ2v) is 10.8. The fourth-order valence-corrected chi connectivity index (χ4v) is 5.72. The topological polar surface area (TPSA) is 107 Å². The number of nitrogens with zero attached hydrogens (tertiary/aromatic N) is 2. The molecule has 3 N–H and O–H groups in total. The molecule has 4 amide bonds. The standard InChI is InChI=1S/C30H26F3N5O4/c1-16(2)38-15-34-25-22(10-20(11-24(25)38)30(31,32)33)17-4-7-19(8-5-17)29(27(40)35-28(41)36-29)14-37-13-18-6-9-21(42-3)12-23(18)26(37)39/h4-12,15-16H,13-14H2,1-3H3,(H2,35,36,40,41)/p+1/t29-/m0/s1. The van der Waals surface area contributed by atoms with Crippen molar-refractivity contribution in [2.45, 2.75) is 38.1 Å². The van der Waals surface area contributed by atoms with Crippen LogP contribution in [0.5, 0.6) is 5.75 Å². The van der Waals surface area contributed by atoms with E-state index in [0.717, 1.165) is 17.7 Å². The molecule has 0 spiro atoms. The number of imidazole rings is 1. The maximum Gasteiger partial charge on any atom is 0.416 e. The number of nitrogens with one attached hydrogen (secondary N) is 3. The van der Waals surface area contributed by atoms with Crippen LogP contribution in [0.2, 0.25) is 0 Å². The van der Waals surface area contributed by atoms with E-state index < -0.39 is 29.2 Å². The number of aromatic amines is 1. The normalized spacial score (nSPS) is 18.5. The van der Waals surface area contributed by atoms with Crippen molar-refractivity contribution in [2.75, 3.05) is 13.7 Å². The molecule has 1 aromatic heterocycles. The quantitative estimate of drug-likeness (QED) is 0.233. The van der Waals surface area contributed by atoms with E-state index in [0.29, 0.717) is 39.0 Å². The number of imide groups is 1. The van der Waals surface area contributed by atoms with Gasteiger partial charge in [-0.3, -0.25) is 14.9 Å². The highest BCUT2D eigenvalue weighted by atomic mass is 19.4. The van der Waals surface area contributed by atoms with E-state index in [9.17, 15) is 27.6 Å². The number of aromatic nitrogens is 2. The summed E-state index contributed by atoms with van der Waals surface area (Å²) in [7, 11) is 1.50. The number of carbonyl (C=O) groups excluding carboxylic acids is 3. The average Bonchev–Trinajstić information content (AvgIpc) is 3.61. The predicted octanol–water partition coefficient (Wildman–Crippen LogP) is 4.42. The number of hydrogen-bond acceptors (Lipinski definition) is 4. The highest BCUT2D eigenvalue weighted by molar-refractivity contribution is 6.08. The summed E-state index contributed by atoms with van der Waals surface area (Å²) in [5, 5.41) is 4.95. The molecule has 1 saturated heterocycles. The van der Waals surface area contributed by atoms with Crippen molar-refractivity contribution in [3.8, 4) is 16.9 Å². The van der Waals surface area contributed by atoms with Gasteiger partial charge in [-0.1, -0.05) is 30.3 Å². The molecule has 0 radical (unpaired) electrons. The van der Waals surface area contributed by atoms with Crippen LogP contribution in [-0.4, -0.2) is 41.4 Å². The van der Waals surface area contributed by atoms with Crippen LogP contribution >= 0.6 is 0 Å². The van der Waals surface area contributed by atoms with Crippen molar-refractivity contribution in [3.05, 3.63) is 83.2 Å². The number of rotatable bonds is 6. The van der Waals surface area contributed by atoms with Crippen LogP contribution < -0.4 is 19.9 Å². The SMILES string of the molecule is COc1ccc2c(c1)C(=O)N(C[C@@]1(c3ccc(-c4cc(C(F)(F)F)cc5c4[nH]c[n+]5C(C)C)cc3)NC(=O)NC1=O)C2. The molecule has 3 heterocycles. The maximum atomic E-state index is 13.9. The highest BCUT2D eigenvalue weighted by Crippen LogP contribution is 2.38. The minimum Gasteiger partial charge on any atom is -0.497 e. The maximum absolute atomic E-state index is 13.9. The van der Waals surface area contributed by atoms with E-state index >= 15 is 0 Å². The van der Waals surface area contributed by atoms with Gasteiger partial charge >= 0.3 is 12.2 Å². The number of alkyl halides is 3. The summed E-state index contributed by atoms with van der Waals surface area (Å²) < 4.78 is 48.6. The number of benzene rings is 3. The smallest absolute Gasteiger partial charge is 0.416 e. The second-order valence-electron chi connectivity index (χ2n) is 10.8. The third kappa shape index (κ3) is 4.34. The molecule has 1 atom stereocenters. The number of hydrogen-bond donors (Lipinski definition) is 3. The van der Waals surface area contributed by atoms with Crippen LogP contribution in [0.1, 0.15) is 46.9 Å². The van der Waals surface area contributed by atoms with E-state index in [1.165, 1.54) is 12.0 Å². The lowest BCUT2D eigenvalue weighted by atomic mass is 9.87. The average molecular weight is 579 g/mol. The molecule has 0 bridgehead atoms. The molecule has 9 nitrogen and oxygen atoms in total. The zero-order chi connectivity index (χ0) is 30.0. The number of urea groups is 1. The molecule has 0 aliphatic carbocycles.